The van der Waals surface area contributed by atoms with Crippen molar-refractivity contribution in [3.8, 4) is 0 Å². The normalized spacial score (nSPS) is 25.1. The lowest BCUT2D eigenvalue weighted by Crippen LogP contribution is -2.54. The lowest BCUT2D eigenvalue weighted by molar-refractivity contribution is -0.138. The van der Waals surface area contributed by atoms with Gasteiger partial charge in [-0.3, -0.25) is 4.79 Å². The fourth-order valence-electron chi connectivity index (χ4n) is 2.36. The Labute approximate surface area is 93.0 Å². The van der Waals surface area contributed by atoms with Crippen molar-refractivity contribution >= 4 is 5.91 Å². The molecule has 0 aromatic rings. The second-order valence-corrected chi connectivity index (χ2v) is 5.70. The average molecular weight is 212 g/mol. The van der Waals surface area contributed by atoms with Crippen molar-refractivity contribution in [2.45, 2.75) is 59.0 Å². The van der Waals surface area contributed by atoms with Crippen LogP contribution >= 0.6 is 0 Å². The van der Waals surface area contributed by atoms with Crippen molar-refractivity contribution in [2.24, 2.45) is 11.1 Å². The summed E-state index contributed by atoms with van der Waals surface area (Å²) < 4.78 is 0. The summed E-state index contributed by atoms with van der Waals surface area (Å²) in [5.74, 6) is 0.106. The molecule has 1 unspecified atom stereocenters. The number of hydrogen-bond acceptors (Lipinski definition) is 2. The fourth-order valence-corrected chi connectivity index (χ4v) is 2.36. The van der Waals surface area contributed by atoms with Crippen LogP contribution in [0.5, 0.6) is 0 Å². The molecule has 1 amide bonds. The van der Waals surface area contributed by atoms with Crippen LogP contribution in [0.3, 0.4) is 0 Å². The highest BCUT2D eigenvalue weighted by molar-refractivity contribution is 5.81. The first-order valence-corrected chi connectivity index (χ1v) is 5.90. The maximum Gasteiger partial charge on any atom is 0.239 e. The first kappa shape index (κ1) is 12.5. The van der Waals surface area contributed by atoms with Crippen molar-refractivity contribution < 1.29 is 4.79 Å². The van der Waals surface area contributed by atoms with Gasteiger partial charge in [-0.2, -0.15) is 0 Å². The van der Waals surface area contributed by atoms with E-state index in [1.54, 1.807) is 6.92 Å². The molecule has 2 atom stereocenters. The number of nitrogens with zero attached hydrogens (tertiary/aromatic N) is 1. The minimum absolute atomic E-state index is 0.106. The van der Waals surface area contributed by atoms with Crippen molar-refractivity contribution in [2.75, 3.05) is 6.54 Å². The van der Waals surface area contributed by atoms with Crippen molar-refractivity contribution in [1.29, 1.82) is 0 Å². The molecule has 2 N–H and O–H groups in total. The topological polar surface area (TPSA) is 46.3 Å². The van der Waals surface area contributed by atoms with Crippen LogP contribution in [-0.4, -0.2) is 29.4 Å². The molecule has 0 saturated carbocycles. The van der Waals surface area contributed by atoms with Gasteiger partial charge in [0.2, 0.25) is 5.91 Å². The third-order valence-electron chi connectivity index (χ3n) is 3.18. The molecule has 0 spiro atoms. The number of piperidine rings is 1. The Balaban J connectivity index is 2.79. The quantitative estimate of drug-likeness (QED) is 0.720. The molecule has 3 nitrogen and oxygen atoms in total. The van der Waals surface area contributed by atoms with E-state index in [-0.39, 0.29) is 17.4 Å². The standard InChI is InChI=1S/C12H24N2O/c1-9(13)11(15)14-8-6-5-7-10(14)12(2,3)4/h9-10H,5-8,13H2,1-4H3/t9-,10?/m0/s1. The van der Waals surface area contributed by atoms with E-state index in [0.717, 1.165) is 19.4 Å². The summed E-state index contributed by atoms with van der Waals surface area (Å²) in [5, 5.41) is 0. The zero-order valence-corrected chi connectivity index (χ0v) is 10.4. The van der Waals surface area contributed by atoms with Crippen LogP contribution in [0.4, 0.5) is 0 Å². The molecule has 1 fully saturated rings. The lowest BCUT2D eigenvalue weighted by Gasteiger charge is -2.44. The molecule has 1 aliphatic heterocycles. The zero-order chi connectivity index (χ0) is 11.6. The van der Waals surface area contributed by atoms with E-state index >= 15 is 0 Å². The third kappa shape index (κ3) is 2.94. The molecule has 1 heterocycles. The highest BCUT2D eigenvalue weighted by Crippen LogP contribution is 2.31. The summed E-state index contributed by atoms with van der Waals surface area (Å²) in [6.45, 7) is 9.25. The number of carbonyl (C=O) groups excluding carboxylic acids is 1. The molecular formula is C12H24N2O. The molecule has 1 saturated heterocycles. The van der Waals surface area contributed by atoms with Gasteiger partial charge in [-0.15, -0.1) is 0 Å². The predicted molar refractivity (Wildman–Crippen MR) is 62.5 cm³/mol. The second kappa shape index (κ2) is 4.52. The molecule has 1 aliphatic rings. The summed E-state index contributed by atoms with van der Waals surface area (Å²) >= 11 is 0. The van der Waals surface area contributed by atoms with E-state index in [1.807, 2.05) is 4.90 Å². The summed E-state index contributed by atoms with van der Waals surface area (Å²) in [7, 11) is 0. The van der Waals surface area contributed by atoms with Crippen molar-refractivity contribution in [3.05, 3.63) is 0 Å². The Bertz CT molecular complexity index is 230. The number of likely N-dealkylation sites (tertiary alicyclic amines) is 1. The van der Waals surface area contributed by atoms with Crippen LogP contribution in [0.25, 0.3) is 0 Å². The van der Waals surface area contributed by atoms with Gasteiger partial charge in [0.15, 0.2) is 0 Å². The molecule has 3 heteroatoms. The van der Waals surface area contributed by atoms with E-state index in [1.165, 1.54) is 6.42 Å². The molecule has 88 valence electrons. The SMILES string of the molecule is C[C@H](N)C(=O)N1CCCCC1C(C)(C)C. The largest absolute Gasteiger partial charge is 0.338 e. The van der Waals surface area contributed by atoms with Gasteiger partial charge in [-0.1, -0.05) is 20.8 Å². The fraction of sp³-hybridized carbons (Fsp3) is 0.917. The Hall–Kier alpha value is -0.570. The van der Waals surface area contributed by atoms with Gasteiger partial charge in [-0.25, -0.2) is 0 Å². The summed E-state index contributed by atoms with van der Waals surface area (Å²) in [4.78, 5) is 14.0. The first-order chi connectivity index (χ1) is 6.84. The van der Waals surface area contributed by atoms with Gasteiger partial charge >= 0.3 is 0 Å². The van der Waals surface area contributed by atoms with E-state index in [0.29, 0.717) is 6.04 Å². The molecule has 0 aromatic heterocycles. The molecule has 0 aromatic carbocycles. The third-order valence-corrected chi connectivity index (χ3v) is 3.18. The summed E-state index contributed by atoms with van der Waals surface area (Å²) in [5.41, 5.74) is 5.84. The van der Waals surface area contributed by atoms with E-state index < -0.39 is 0 Å². The molecule has 0 aliphatic carbocycles. The molecule has 0 radical (unpaired) electrons. The van der Waals surface area contributed by atoms with Crippen LogP contribution in [0.2, 0.25) is 0 Å². The summed E-state index contributed by atoms with van der Waals surface area (Å²) in [6.07, 6.45) is 3.46. The maximum absolute atomic E-state index is 12.0. The summed E-state index contributed by atoms with van der Waals surface area (Å²) in [6, 6.07) is -0.0160. The van der Waals surface area contributed by atoms with Gasteiger partial charge < -0.3 is 10.6 Å². The predicted octanol–water partition coefficient (Wildman–Crippen LogP) is 1.76. The van der Waals surface area contributed by atoms with Crippen molar-refractivity contribution in [1.82, 2.24) is 4.90 Å². The molecular weight excluding hydrogens is 188 g/mol. The number of amides is 1. The highest BCUT2D eigenvalue weighted by atomic mass is 16.2. The van der Waals surface area contributed by atoms with Crippen LogP contribution in [-0.2, 0) is 4.79 Å². The monoisotopic (exact) mass is 212 g/mol. The minimum Gasteiger partial charge on any atom is -0.338 e. The van der Waals surface area contributed by atoms with Gasteiger partial charge in [0.25, 0.3) is 0 Å². The van der Waals surface area contributed by atoms with E-state index in [4.69, 9.17) is 5.73 Å². The Kier molecular flexibility index (Phi) is 3.77. The van der Waals surface area contributed by atoms with E-state index in [2.05, 4.69) is 20.8 Å². The minimum atomic E-state index is -0.368. The van der Waals surface area contributed by atoms with E-state index in [9.17, 15) is 4.79 Å². The molecule has 15 heavy (non-hydrogen) atoms. The Morgan fingerprint density at radius 3 is 2.47 bits per heavy atom. The number of carbonyl (C=O) groups is 1. The first-order valence-electron chi connectivity index (χ1n) is 5.90. The lowest BCUT2D eigenvalue weighted by atomic mass is 9.80. The second-order valence-electron chi connectivity index (χ2n) is 5.70. The van der Waals surface area contributed by atoms with Gasteiger partial charge in [0.05, 0.1) is 6.04 Å². The molecule has 1 rings (SSSR count). The Morgan fingerprint density at radius 1 is 1.40 bits per heavy atom. The van der Waals surface area contributed by atoms with Gasteiger partial charge in [0, 0.05) is 12.6 Å². The number of rotatable bonds is 1. The number of hydrogen-bond donors (Lipinski definition) is 1. The van der Waals surface area contributed by atoms with Crippen LogP contribution < -0.4 is 5.73 Å². The van der Waals surface area contributed by atoms with Crippen LogP contribution in [0.1, 0.15) is 47.0 Å². The average Bonchev–Trinajstić information content (AvgIpc) is 2.15. The molecule has 0 bridgehead atoms. The van der Waals surface area contributed by atoms with Gasteiger partial charge in [0.1, 0.15) is 0 Å². The zero-order valence-electron chi connectivity index (χ0n) is 10.4. The smallest absolute Gasteiger partial charge is 0.239 e. The van der Waals surface area contributed by atoms with Crippen LogP contribution in [0.15, 0.2) is 0 Å². The van der Waals surface area contributed by atoms with Crippen molar-refractivity contribution in [3.63, 3.8) is 0 Å². The van der Waals surface area contributed by atoms with Crippen LogP contribution in [0, 0.1) is 5.41 Å². The number of nitrogens with two attached hydrogens (primary N) is 1. The highest BCUT2D eigenvalue weighted by Gasteiger charge is 2.35. The van der Waals surface area contributed by atoms with Gasteiger partial charge in [-0.05, 0) is 31.6 Å². The maximum atomic E-state index is 12.0. The Morgan fingerprint density at radius 2 is 2.00 bits per heavy atom.